The fourth-order valence-corrected chi connectivity index (χ4v) is 10.0. The van der Waals surface area contributed by atoms with Crippen molar-refractivity contribution in [1.29, 1.82) is 0 Å². The van der Waals surface area contributed by atoms with Gasteiger partial charge in [0.1, 0.15) is 0 Å². The summed E-state index contributed by atoms with van der Waals surface area (Å²) in [7, 11) is 0. The summed E-state index contributed by atoms with van der Waals surface area (Å²) in [6.45, 7) is 8.10. The molecule has 8 aromatic carbocycles. The van der Waals surface area contributed by atoms with Crippen molar-refractivity contribution in [1.82, 2.24) is 14.5 Å². The van der Waals surface area contributed by atoms with E-state index < -0.39 is 0 Å². The summed E-state index contributed by atoms with van der Waals surface area (Å²) in [6.07, 6.45) is 5.69. The maximum Gasteiger partial charge on any atom is 0.160 e. The predicted octanol–water partition coefficient (Wildman–Crippen LogP) is 15.0. The van der Waals surface area contributed by atoms with Gasteiger partial charge in [-0.1, -0.05) is 153 Å². The van der Waals surface area contributed by atoms with E-state index in [-0.39, 0.29) is 0 Å². The number of hydrogen-bond acceptors (Lipinski definition) is 3. The summed E-state index contributed by atoms with van der Waals surface area (Å²) < 4.78 is 5.07. The number of thiophene rings is 1. The molecule has 0 spiro atoms. The monoisotopic (exact) mass is 757 g/mol. The van der Waals surface area contributed by atoms with Crippen molar-refractivity contribution in [3.05, 3.63) is 207 Å². The van der Waals surface area contributed by atoms with Crippen LogP contribution in [0.4, 0.5) is 0 Å². The van der Waals surface area contributed by atoms with Crippen LogP contribution in [0.25, 0.3) is 109 Å². The summed E-state index contributed by atoms with van der Waals surface area (Å²) in [5.41, 5.74) is 11.4. The Hall–Kier alpha value is -7.40. The second kappa shape index (κ2) is 13.7. The molecule has 0 aliphatic carbocycles. The molecule has 0 unspecified atom stereocenters. The molecule has 3 heterocycles. The van der Waals surface area contributed by atoms with Gasteiger partial charge in [0.2, 0.25) is 0 Å². The Kier molecular flexibility index (Phi) is 7.98. The molecule has 11 rings (SSSR count). The van der Waals surface area contributed by atoms with E-state index in [1.54, 1.807) is 0 Å². The molecule has 0 aliphatic rings. The Morgan fingerprint density at radius 2 is 1.22 bits per heavy atom. The summed E-state index contributed by atoms with van der Waals surface area (Å²) >= 11 is 1.89. The third-order valence-electron chi connectivity index (χ3n) is 11.3. The molecular weight excluding hydrogens is 723 g/mol. The molecule has 4 heteroatoms. The Labute approximate surface area is 339 Å². The van der Waals surface area contributed by atoms with Gasteiger partial charge in [-0.25, -0.2) is 9.97 Å². The third-order valence-corrected chi connectivity index (χ3v) is 12.5. The Balaban J connectivity index is 1.16. The van der Waals surface area contributed by atoms with Crippen LogP contribution in [0, 0.1) is 0 Å². The van der Waals surface area contributed by atoms with Crippen LogP contribution in [0.3, 0.4) is 0 Å². The first-order valence-corrected chi connectivity index (χ1v) is 20.3. The van der Waals surface area contributed by atoms with E-state index in [4.69, 9.17) is 9.97 Å². The second-order valence-corrected chi connectivity index (χ2v) is 15.7. The van der Waals surface area contributed by atoms with Gasteiger partial charge in [-0.05, 0) is 76.2 Å². The van der Waals surface area contributed by atoms with Crippen molar-refractivity contribution in [2.75, 3.05) is 0 Å². The fraction of sp³-hybridized carbons (Fsp3) is 0. The molecule has 0 fully saturated rings. The zero-order chi connectivity index (χ0) is 38.7. The molecule has 272 valence electrons. The quantitative estimate of drug-likeness (QED) is 0.152. The number of aromatic nitrogens is 3. The lowest BCUT2D eigenvalue weighted by molar-refractivity contribution is 1.17. The van der Waals surface area contributed by atoms with Crippen LogP contribution in [0.15, 0.2) is 201 Å². The molecule has 0 saturated carbocycles. The van der Waals surface area contributed by atoms with Crippen LogP contribution in [0.5, 0.6) is 0 Å². The minimum absolute atomic E-state index is 0.672. The largest absolute Gasteiger partial charge is 0.309 e. The summed E-state index contributed by atoms with van der Waals surface area (Å²) in [4.78, 5) is 10.6. The van der Waals surface area contributed by atoms with E-state index in [0.29, 0.717) is 5.82 Å². The molecule has 0 N–H and O–H groups in total. The lowest BCUT2D eigenvalue weighted by atomic mass is 9.93. The molecular formula is C54H35N3S. The van der Waals surface area contributed by atoms with Crippen LogP contribution in [-0.2, 0) is 0 Å². The topological polar surface area (TPSA) is 30.7 Å². The highest BCUT2D eigenvalue weighted by molar-refractivity contribution is 7.27. The summed E-state index contributed by atoms with van der Waals surface area (Å²) in [5, 5.41) is 8.67. The number of nitrogens with zero attached hydrogens (tertiary/aromatic N) is 3. The van der Waals surface area contributed by atoms with Crippen LogP contribution < -0.4 is 0 Å². The Bertz CT molecular complexity index is 3490. The molecule has 0 bridgehead atoms. The smallest absolute Gasteiger partial charge is 0.160 e. The number of benzene rings is 8. The van der Waals surface area contributed by atoms with Crippen molar-refractivity contribution in [2.24, 2.45) is 0 Å². The first-order valence-electron chi connectivity index (χ1n) is 19.5. The van der Waals surface area contributed by atoms with Crippen molar-refractivity contribution >= 4 is 80.6 Å². The van der Waals surface area contributed by atoms with Gasteiger partial charge in [-0.2, -0.15) is 0 Å². The highest BCUT2D eigenvalue weighted by Crippen LogP contribution is 2.48. The first-order chi connectivity index (χ1) is 28.7. The average molecular weight is 758 g/mol. The molecule has 3 aromatic heterocycles. The Morgan fingerprint density at radius 1 is 0.534 bits per heavy atom. The maximum atomic E-state index is 5.43. The van der Waals surface area contributed by atoms with Crippen molar-refractivity contribution in [2.45, 2.75) is 0 Å². The van der Waals surface area contributed by atoms with Crippen LogP contribution in [0.1, 0.15) is 5.56 Å². The molecule has 11 aromatic rings. The van der Waals surface area contributed by atoms with Gasteiger partial charge in [-0.15, -0.1) is 11.3 Å². The molecule has 3 nitrogen and oxygen atoms in total. The zero-order valence-corrected chi connectivity index (χ0v) is 32.4. The van der Waals surface area contributed by atoms with Crippen LogP contribution in [0.2, 0.25) is 0 Å². The zero-order valence-electron chi connectivity index (χ0n) is 31.6. The first kappa shape index (κ1) is 33.9. The average Bonchev–Trinajstić information content (AvgIpc) is 3.85. The predicted molar refractivity (Wildman–Crippen MR) is 249 cm³/mol. The van der Waals surface area contributed by atoms with Gasteiger partial charge in [0.15, 0.2) is 5.82 Å². The van der Waals surface area contributed by atoms with Crippen molar-refractivity contribution < 1.29 is 0 Å². The summed E-state index contributed by atoms with van der Waals surface area (Å²) in [5.74, 6) is 0.672. The molecule has 0 radical (unpaired) electrons. The van der Waals surface area contributed by atoms with Gasteiger partial charge in [0.05, 0.1) is 22.2 Å². The van der Waals surface area contributed by atoms with Gasteiger partial charge in [-0.3, -0.25) is 0 Å². The van der Waals surface area contributed by atoms with Gasteiger partial charge in [0, 0.05) is 58.5 Å². The highest BCUT2D eigenvalue weighted by Gasteiger charge is 2.22. The number of rotatable bonds is 7. The molecule has 0 saturated heterocycles. The lowest BCUT2D eigenvalue weighted by Gasteiger charge is -2.15. The minimum Gasteiger partial charge on any atom is -0.309 e. The summed E-state index contributed by atoms with van der Waals surface area (Å²) in [6, 6.07) is 60.7. The van der Waals surface area contributed by atoms with Gasteiger partial charge >= 0.3 is 0 Å². The van der Waals surface area contributed by atoms with Gasteiger partial charge < -0.3 is 4.57 Å². The number of hydrogen-bond donors (Lipinski definition) is 0. The molecule has 0 aliphatic heterocycles. The van der Waals surface area contributed by atoms with E-state index in [1.165, 1.54) is 52.8 Å². The molecule has 0 atom stereocenters. The highest BCUT2D eigenvalue weighted by atomic mass is 32.1. The SMILES string of the molecule is C=C/C=C(\C=C)c1cc(-c2ccccc2)cc(-c2nc(-c3cccc(-n4c5ccccc5c5c6sc7ccccc7c6c6ccccc6c54)c3)nc3ccccc23)c1. The van der Waals surface area contributed by atoms with E-state index in [2.05, 4.69) is 175 Å². The van der Waals surface area contributed by atoms with E-state index in [0.717, 1.165) is 55.7 Å². The fourth-order valence-electron chi connectivity index (χ4n) is 8.74. The minimum atomic E-state index is 0.672. The molecule has 58 heavy (non-hydrogen) atoms. The van der Waals surface area contributed by atoms with Crippen LogP contribution >= 0.6 is 11.3 Å². The van der Waals surface area contributed by atoms with Crippen LogP contribution in [-0.4, -0.2) is 14.5 Å². The number of fused-ring (bicyclic) bond motifs is 11. The van der Waals surface area contributed by atoms with Gasteiger partial charge in [0.25, 0.3) is 0 Å². The standard InChI is InChI=1S/C54H35N3S/c1-3-17-34(4-2)37-30-38(35-18-6-5-7-19-35)32-39(31-37)51-43-24-10-13-27-46(43)55-54(56-51)36-20-16-21-40(33-36)57-47-28-14-11-25-44(47)50-52(57)42-23-9-8-22-41(42)49-45-26-12-15-29-48(45)58-53(49)50/h3-33H,1-2H2/b34-17+. The number of allylic oxidation sites excluding steroid dienone is 4. The Morgan fingerprint density at radius 3 is 2.05 bits per heavy atom. The lowest BCUT2D eigenvalue weighted by Crippen LogP contribution is -1.98. The van der Waals surface area contributed by atoms with E-state index >= 15 is 0 Å². The second-order valence-electron chi connectivity index (χ2n) is 14.6. The van der Waals surface area contributed by atoms with E-state index in [9.17, 15) is 0 Å². The molecule has 0 amide bonds. The maximum absolute atomic E-state index is 5.43. The van der Waals surface area contributed by atoms with Crippen molar-refractivity contribution in [3.63, 3.8) is 0 Å². The van der Waals surface area contributed by atoms with E-state index in [1.807, 2.05) is 41.7 Å². The number of para-hydroxylation sites is 2. The normalized spacial score (nSPS) is 12.0. The third kappa shape index (κ3) is 5.34. The van der Waals surface area contributed by atoms with Crippen molar-refractivity contribution in [3.8, 4) is 39.5 Å².